The van der Waals surface area contributed by atoms with Crippen molar-refractivity contribution in [3.05, 3.63) is 53.7 Å². The van der Waals surface area contributed by atoms with Gasteiger partial charge in [-0.25, -0.2) is 4.39 Å². The van der Waals surface area contributed by atoms with Gasteiger partial charge in [-0.2, -0.15) is 0 Å². The van der Waals surface area contributed by atoms with Crippen LogP contribution in [0.25, 0.3) is 0 Å². The second kappa shape index (κ2) is 7.09. The van der Waals surface area contributed by atoms with E-state index in [1.807, 2.05) is 13.8 Å². The summed E-state index contributed by atoms with van der Waals surface area (Å²) in [6, 6.07) is 6.78. The minimum absolute atomic E-state index is 0.129. The van der Waals surface area contributed by atoms with E-state index in [2.05, 4.69) is 10.6 Å². The van der Waals surface area contributed by atoms with Gasteiger partial charge in [0.1, 0.15) is 11.9 Å². The van der Waals surface area contributed by atoms with E-state index in [1.54, 1.807) is 25.1 Å². The molecular weight excluding hydrogens is 299 g/mol. The minimum Gasteiger partial charge on any atom is -0.459 e. The van der Waals surface area contributed by atoms with E-state index in [-0.39, 0.29) is 11.7 Å². The van der Waals surface area contributed by atoms with E-state index in [1.165, 1.54) is 18.4 Å². The normalized spacial score (nSPS) is 12.0. The smallest absolute Gasteiger partial charge is 0.287 e. The molecule has 0 aliphatic carbocycles. The van der Waals surface area contributed by atoms with Crippen molar-refractivity contribution >= 4 is 17.5 Å². The van der Waals surface area contributed by atoms with E-state index in [9.17, 15) is 14.0 Å². The molecule has 0 radical (unpaired) electrons. The van der Waals surface area contributed by atoms with E-state index >= 15 is 0 Å². The summed E-state index contributed by atoms with van der Waals surface area (Å²) in [5.41, 5.74) is 0.838. The van der Waals surface area contributed by atoms with Crippen LogP contribution in [-0.2, 0) is 4.79 Å². The van der Waals surface area contributed by atoms with Crippen molar-refractivity contribution in [2.45, 2.75) is 26.8 Å². The van der Waals surface area contributed by atoms with Crippen LogP contribution >= 0.6 is 0 Å². The predicted octanol–water partition coefficient (Wildman–Crippen LogP) is 3.12. The fraction of sp³-hybridized carbons (Fsp3) is 0.294. The third kappa shape index (κ3) is 4.18. The first-order valence-corrected chi connectivity index (χ1v) is 7.30. The summed E-state index contributed by atoms with van der Waals surface area (Å²) in [4.78, 5) is 24.4. The molecule has 1 aromatic heterocycles. The van der Waals surface area contributed by atoms with Crippen LogP contribution in [0, 0.1) is 18.7 Å². The molecule has 0 saturated carbocycles. The van der Waals surface area contributed by atoms with Crippen molar-refractivity contribution in [3.8, 4) is 0 Å². The maximum atomic E-state index is 13.6. The lowest BCUT2D eigenvalue weighted by molar-refractivity contribution is -0.118. The van der Waals surface area contributed by atoms with Crippen molar-refractivity contribution in [3.63, 3.8) is 0 Å². The summed E-state index contributed by atoms with van der Waals surface area (Å²) < 4.78 is 18.6. The van der Waals surface area contributed by atoms with E-state index in [4.69, 9.17) is 4.42 Å². The minimum atomic E-state index is -0.767. The number of halogens is 1. The number of hydrogen-bond acceptors (Lipinski definition) is 3. The molecule has 0 unspecified atom stereocenters. The van der Waals surface area contributed by atoms with Gasteiger partial charge in [-0.3, -0.25) is 9.59 Å². The van der Waals surface area contributed by atoms with Crippen LogP contribution in [0.4, 0.5) is 10.1 Å². The number of hydrogen-bond donors (Lipinski definition) is 2. The number of carbonyl (C=O) groups excluding carboxylic acids is 2. The Morgan fingerprint density at radius 1 is 1.22 bits per heavy atom. The molecule has 0 spiro atoms. The number of nitrogens with one attached hydrogen (secondary N) is 2. The predicted molar refractivity (Wildman–Crippen MR) is 84.6 cm³/mol. The summed E-state index contributed by atoms with van der Waals surface area (Å²) >= 11 is 0. The molecule has 122 valence electrons. The average molecular weight is 318 g/mol. The van der Waals surface area contributed by atoms with E-state index in [0.717, 1.165) is 0 Å². The Bertz CT molecular complexity index is 696. The van der Waals surface area contributed by atoms with Gasteiger partial charge in [0.15, 0.2) is 5.76 Å². The molecule has 2 amide bonds. The van der Waals surface area contributed by atoms with Gasteiger partial charge in [0.05, 0.1) is 6.26 Å². The molecule has 0 bridgehead atoms. The van der Waals surface area contributed by atoms with Gasteiger partial charge in [0.25, 0.3) is 5.91 Å². The lowest BCUT2D eigenvalue weighted by atomic mass is 10.0. The fourth-order valence-corrected chi connectivity index (χ4v) is 2.05. The maximum absolute atomic E-state index is 13.6. The van der Waals surface area contributed by atoms with Crippen molar-refractivity contribution < 1.29 is 18.4 Å². The Morgan fingerprint density at radius 2 is 1.96 bits per heavy atom. The topological polar surface area (TPSA) is 71.3 Å². The molecule has 1 aromatic carbocycles. The molecule has 1 atom stereocenters. The number of carbonyl (C=O) groups is 2. The van der Waals surface area contributed by atoms with Gasteiger partial charge < -0.3 is 15.1 Å². The van der Waals surface area contributed by atoms with Crippen LogP contribution in [0.1, 0.15) is 30.0 Å². The number of benzene rings is 1. The molecule has 2 N–H and O–H groups in total. The summed E-state index contributed by atoms with van der Waals surface area (Å²) in [5.74, 6) is -1.31. The number of aryl methyl sites for hydroxylation is 1. The molecule has 2 rings (SSSR count). The zero-order valence-electron chi connectivity index (χ0n) is 13.2. The number of anilines is 1. The molecule has 23 heavy (non-hydrogen) atoms. The molecule has 0 saturated heterocycles. The van der Waals surface area contributed by atoms with Crippen LogP contribution in [0.15, 0.2) is 41.0 Å². The van der Waals surface area contributed by atoms with Crippen LogP contribution in [0.2, 0.25) is 0 Å². The Kier molecular flexibility index (Phi) is 5.16. The van der Waals surface area contributed by atoms with Gasteiger partial charge in [-0.15, -0.1) is 0 Å². The molecule has 6 heteroatoms. The highest BCUT2D eigenvalue weighted by Crippen LogP contribution is 2.15. The van der Waals surface area contributed by atoms with Crippen LogP contribution in [0.3, 0.4) is 0 Å². The maximum Gasteiger partial charge on any atom is 0.287 e. The van der Waals surface area contributed by atoms with E-state index < -0.39 is 23.7 Å². The third-order valence-electron chi connectivity index (χ3n) is 3.42. The first-order chi connectivity index (χ1) is 10.9. The molecule has 0 fully saturated rings. The average Bonchev–Trinajstić information content (AvgIpc) is 3.02. The standard InChI is InChI=1S/C17H19FN2O3/c1-10(2)15(20-16(21)14-5-4-8-23-14)17(22)19-12-7-6-11(3)13(18)9-12/h4-10,15H,1-3H3,(H,19,22)(H,20,21)/t15-/m0/s1. The van der Waals surface area contributed by atoms with Crippen LogP contribution < -0.4 is 10.6 Å². The lowest BCUT2D eigenvalue weighted by Gasteiger charge is -2.21. The molecular formula is C17H19FN2O3. The zero-order valence-corrected chi connectivity index (χ0v) is 13.2. The molecule has 2 aromatic rings. The van der Waals surface area contributed by atoms with Gasteiger partial charge in [0.2, 0.25) is 5.91 Å². The molecule has 5 nitrogen and oxygen atoms in total. The van der Waals surface area contributed by atoms with Gasteiger partial charge in [0, 0.05) is 5.69 Å². The number of amides is 2. The second-order valence-corrected chi connectivity index (χ2v) is 5.63. The van der Waals surface area contributed by atoms with E-state index in [0.29, 0.717) is 11.3 Å². The summed E-state index contributed by atoms with van der Waals surface area (Å²) in [5, 5.41) is 5.24. The van der Waals surface area contributed by atoms with Crippen LogP contribution in [0.5, 0.6) is 0 Å². The third-order valence-corrected chi connectivity index (χ3v) is 3.42. The Morgan fingerprint density at radius 3 is 2.52 bits per heavy atom. The summed E-state index contributed by atoms with van der Waals surface area (Å²) in [6.07, 6.45) is 1.38. The highest BCUT2D eigenvalue weighted by Gasteiger charge is 2.25. The summed E-state index contributed by atoms with van der Waals surface area (Å²) in [6.45, 7) is 5.26. The second-order valence-electron chi connectivity index (χ2n) is 5.63. The Balaban J connectivity index is 2.09. The highest BCUT2D eigenvalue weighted by molar-refractivity contribution is 6.00. The molecule has 1 heterocycles. The first-order valence-electron chi connectivity index (χ1n) is 7.30. The number of furan rings is 1. The van der Waals surface area contributed by atoms with Gasteiger partial charge >= 0.3 is 0 Å². The van der Waals surface area contributed by atoms with Crippen molar-refractivity contribution in [1.29, 1.82) is 0 Å². The van der Waals surface area contributed by atoms with Gasteiger partial charge in [-0.05, 0) is 42.7 Å². The zero-order chi connectivity index (χ0) is 17.0. The highest BCUT2D eigenvalue weighted by atomic mass is 19.1. The van der Waals surface area contributed by atoms with Crippen molar-refractivity contribution in [1.82, 2.24) is 5.32 Å². The summed E-state index contributed by atoms with van der Waals surface area (Å²) in [7, 11) is 0. The molecule has 0 aliphatic heterocycles. The SMILES string of the molecule is Cc1ccc(NC(=O)[C@@H](NC(=O)c2ccco2)C(C)C)cc1F. The van der Waals surface area contributed by atoms with Crippen molar-refractivity contribution in [2.75, 3.05) is 5.32 Å². The Hall–Kier alpha value is -2.63. The first kappa shape index (κ1) is 16.7. The lowest BCUT2D eigenvalue weighted by Crippen LogP contribution is -2.47. The van der Waals surface area contributed by atoms with Crippen LogP contribution in [-0.4, -0.2) is 17.9 Å². The Labute approximate surface area is 133 Å². The molecule has 0 aliphatic rings. The fourth-order valence-electron chi connectivity index (χ4n) is 2.05. The monoisotopic (exact) mass is 318 g/mol. The van der Waals surface area contributed by atoms with Gasteiger partial charge in [-0.1, -0.05) is 19.9 Å². The number of rotatable bonds is 5. The largest absolute Gasteiger partial charge is 0.459 e. The van der Waals surface area contributed by atoms with Crippen molar-refractivity contribution in [2.24, 2.45) is 5.92 Å². The quantitative estimate of drug-likeness (QED) is 0.890.